The molecule has 0 unspecified atom stereocenters. The van der Waals surface area contributed by atoms with Crippen molar-refractivity contribution >= 4 is 21.7 Å². The van der Waals surface area contributed by atoms with Gasteiger partial charge in [-0.25, -0.2) is 17.6 Å². The molecule has 0 atom stereocenters. The molecule has 0 bridgehead atoms. The van der Waals surface area contributed by atoms with Crippen LogP contribution in [0.5, 0.6) is 0 Å². The fourth-order valence-corrected chi connectivity index (χ4v) is 4.35. The highest BCUT2D eigenvalue weighted by Gasteiger charge is 2.19. The van der Waals surface area contributed by atoms with Crippen molar-refractivity contribution in [1.29, 1.82) is 0 Å². The van der Waals surface area contributed by atoms with Crippen LogP contribution in [0.2, 0.25) is 0 Å². The number of rotatable bonds is 7. The molecule has 150 valence electrons. The summed E-state index contributed by atoms with van der Waals surface area (Å²) in [5.74, 6) is -1.60. The number of hydrogen-bond donors (Lipinski definition) is 2. The molecule has 0 fully saturated rings. The van der Waals surface area contributed by atoms with E-state index in [1.165, 1.54) is 12.1 Å². The van der Waals surface area contributed by atoms with Crippen LogP contribution in [0.3, 0.4) is 0 Å². The summed E-state index contributed by atoms with van der Waals surface area (Å²) in [5.41, 5.74) is 2.82. The number of anilines is 1. The second-order valence-corrected chi connectivity index (χ2v) is 8.33. The van der Waals surface area contributed by atoms with Crippen LogP contribution in [0.1, 0.15) is 27.0 Å². The van der Waals surface area contributed by atoms with Gasteiger partial charge in [0.25, 0.3) is 10.0 Å². The van der Waals surface area contributed by atoms with Gasteiger partial charge < -0.3 is 5.11 Å². The molecule has 7 heteroatoms. The van der Waals surface area contributed by atoms with Gasteiger partial charge in [-0.15, -0.1) is 0 Å². The van der Waals surface area contributed by atoms with E-state index in [9.17, 15) is 17.6 Å². The van der Waals surface area contributed by atoms with E-state index in [1.54, 1.807) is 43.3 Å². The minimum atomic E-state index is -3.94. The van der Waals surface area contributed by atoms with E-state index in [1.807, 2.05) is 12.1 Å². The molecule has 0 aliphatic carbocycles. The van der Waals surface area contributed by atoms with Crippen LogP contribution in [0, 0.1) is 12.7 Å². The number of halogens is 1. The first-order chi connectivity index (χ1) is 13.8. The van der Waals surface area contributed by atoms with Gasteiger partial charge in [-0.2, -0.15) is 0 Å². The molecule has 0 aromatic heterocycles. The molecule has 0 radical (unpaired) electrons. The van der Waals surface area contributed by atoms with Crippen molar-refractivity contribution in [1.82, 2.24) is 0 Å². The summed E-state index contributed by atoms with van der Waals surface area (Å²) in [6.45, 7) is 1.61. The maximum atomic E-state index is 13.6. The van der Waals surface area contributed by atoms with E-state index in [4.69, 9.17) is 5.11 Å². The summed E-state index contributed by atoms with van der Waals surface area (Å²) in [5, 5.41) is 8.97. The summed E-state index contributed by atoms with van der Waals surface area (Å²) < 4.78 is 41.7. The molecule has 5 nitrogen and oxygen atoms in total. The van der Waals surface area contributed by atoms with Gasteiger partial charge in [0.1, 0.15) is 5.82 Å². The Morgan fingerprint density at radius 3 is 2.38 bits per heavy atom. The van der Waals surface area contributed by atoms with E-state index < -0.39 is 21.8 Å². The maximum absolute atomic E-state index is 13.6. The topological polar surface area (TPSA) is 83.5 Å². The zero-order chi connectivity index (χ0) is 21.0. The molecular formula is C22H20FNO4S. The van der Waals surface area contributed by atoms with Gasteiger partial charge in [0.05, 0.1) is 16.1 Å². The Morgan fingerprint density at radius 2 is 1.69 bits per heavy atom. The van der Waals surface area contributed by atoms with Gasteiger partial charge in [0.15, 0.2) is 0 Å². The number of benzene rings is 3. The van der Waals surface area contributed by atoms with Gasteiger partial charge in [-0.05, 0) is 66.8 Å². The Labute approximate surface area is 168 Å². The summed E-state index contributed by atoms with van der Waals surface area (Å²) in [7, 11) is -3.94. The van der Waals surface area contributed by atoms with Crippen LogP contribution >= 0.6 is 0 Å². The largest absolute Gasteiger partial charge is 0.478 e. The third kappa shape index (κ3) is 5.00. The molecule has 29 heavy (non-hydrogen) atoms. The Bertz CT molecular complexity index is 1140. The highest BCUT2D eigenvalue weighted by atomic mass is 32.2. The SMILES string of the molecule is Cc1ccc(F)cc1S(=O)(=O)Nc1ccccc1CCc1ccc(C(=O)O)cc1. The van der Waals surface area contributed by atoms with Crippen molar-refractivity contribution in [3.63, 3.8) is 0 Å². The summed E-state index contributed by atoms with van der Waals surface area (Å²) in [4.78, 5) is 10.8. The first-order valence-electron chi connectivity index (χ1n) is 8.95. The molecule has 3 aromatic rings. The summed E-state index contributed by atoms with van der Waals surface area (Å²) >= 11 is 0. The summed E-state index contributed by atoms with van der Waals surface area (Å²) in [6, 6.07) is 17.2. The minimum Gasteiger partial charge on any atom is -0.478 e. The smallest absolute Gasteiger partial charge is 0.335 e. The molecule has 3 aromatic carbocycles. The van der Waals surface area contributed by atoms with Crippen molar-refractivity contribution in [3.05, 3.63) is 94.8 Å². The van der Waals surface area contributed by atoms with Gasteiger partial charge in [0, 0.05) is 0 Å². The quantitative estimate of drug-likeness (QED) is 0.601. The first kappa shape index (κ1) is 20.5. The molecule has 0 amide bonds. The van der Waals surface area contributed by atoms with Crippen LogP contribution in [-0.4, -0.2) is 19.5 Å². The number of para-hydroxylation sites is 1. The van der Waals surface area contributed by atoms with Crippen LogP contribution in [0.4, 0.5) is 10.1 Å². The lowest BCUT2D eigenvalue weighted by molar-refractivity contribution is 0.0697. The summed E-state index contributed by atoms with van der Waals surface area (Å²) in [6.07, 6.45) is 1.16. The van der Waals surface area contributed by atoms with Crippen LogP contribution in [0.15, 0.2) is 71.6 Å². The molecular weight excluding hydrogens is 393 g/mol. The zero-order valence-corrected chi connectivity index (χ0v) is 16.5. The number of carboxylic acids is 1. The minimum absolute atomic E-state index is 0.100. The van der Waals surface area contributed by atoms with Crippen molar-refractivity contribution in [2.24, 2.45) is 0 Å². The molecule has 0 aliphatic rings. The second kappa shape index (κ2) is 8.45. The number of carboxylic acid groups (broad SMARTS) is 1. The van der Waals surface area contributed by atoms with E-state index in [0.717, 1.165) is 17.2 Å². The zero-order valence-electron chi connectivity index (χ0n) is 15.7. The Morgan fingerprint density at radius 1 is 1.00 bits per heavy atom. The average Bonchev–Trinajstić information content (AvgIpc) is 2.69. The van der Waals surface area contributed by atoms with Gasteiger partial charge in [-0.1, -0.05) is 36.4 Å². The molecule has 0 spiro atoms. The maximum Gasteiger partial charge on any atom is 0.335 e. The number of aromatic carboxylic acids is 1. The molecule has 0 saturated carbocycles. The number of aryl methyl sites for hydroxylation is 3. The Kier molecular flexibility index (Phi) is 5.98. The van der Waals surface area contributed by atoms with Crippen molar-refractivity contribution in [2.75, 3.05) is 4.72 Å². The lowest BCUT2D eigenvalue weighted by Crippen LogP contribution is -2.16. The lowest BCUT2D eigenvalue weighted by atomic mass is 10.0. The van der Waals surface area contributed by atoms with Crippen LogP contribution in [0.25, 0.3) is 0 Å². The fourth-order valence-electron chi connectivity index (χ4n) is 2.99. The highest BCUT2D eigenvalue weighted by molar-refractivity contribution is 7.92. The van der Waals surface area contributed by atoms with Crippen LogP contribution < -0.4 is 4.72 Å². The van der Waals surface area contributed by atoms with Crippen molar-refractivity contribution in [3.8, 4) is 0 Å². The molecule has 0 heterocycles. The third-order valence-electron chi connectivity index (χ3n) is 4.59. The average molecular weight is 413 g/mol. The molecule has 3 rings (SSSR count). The standard InChI is InChI=1S/C22H20FNO4S/c1-15-6-13-19(23)14-21(15)29(27,28)24-20-5-3-2-4-17(20)10-7-16-8-11-18(12-9-16)22(25)26/h2-6,8-9,11-14,24H,7,10H2,1H3,(H,25,26). The van der Waals surface area contributed by atoms with Gasteiger partial charge in [0.2, 0.25) is 0 Å². The van der Waals surface area contributed by atoms with Gasteiger partial charge in [-0.3, -0.25) is 4.72 Å². The predicted octanol–water partition coefficient (Wildman–Crippen LogP) is 4.42. The molecule has 0 aliphatic heterocycles. The Balaban J connectivity index is 1.80. The third-order valence-corrected chi connectivity index (χ3v) is 6.09. The predicted molar refractivity (Wildman–Crippen MR) is 109 cm³/mol. The Hall–Kier alpha value is -3.19. The monoisotopic (exact) mass is 413 g/mol. The fraction of sp³-hybridized carbons (Fsp3) is 0.136. The van der Waals surface area contributed by atoms with Crippen molar-refractivity contribution in [2.45, 2.75) is 24.7 Å². The second-order valence-electron chi connectivity index (χ2n) is 6.67. The highest BCUT2D eigenvalue weighted by Crippen LogP contribution is 2.24. The van der Waals surface area contributed by atoms with E-state index >= 15 is 0 Å². The first-order valence-corrected chi connectivity index (χ1v) is 10.4. The number of sulfonamides is 1. The molecule has 2 N–H and O–H groups in total. The number of hydrogen-bond acceptors (Lipinski definition) is 3. The normalized spacial score (nSPS) is 11.2. The van der Waals surface area contributed by atoms with Crippen molar-refractivity contribution < 1.29 is 22.7 Å². The number of carbonyl (C=O) groups is 1. The van der Waals surface area contributed by atoms with E-state index in [0.29, 0.717) is 24.1 Å². The number of nitrogens with one attached hydrogen (secondary N) is 1. The lowest BCUT2D eigenvalue weighted by Gasteiger charge is -2.14. The molecule has 0 saturated heterocycles. The van der Waals surface area contributed by atoms with E-state index in [2.05, 4.69) is 4.72 Å². The van der Waals surface area contributed by atoms with E-state index in [-0.39, 0.29) is 10.5 Å². The van der Waals surface area contributed by atoms with Crippen LogP contribution in [-0.2, 0) is 22.9 Å². The van der Waals surface area contributed by atoms with Gasteiger partial charge >= 0.3 is 5.97 Å².